The highest BCUT2D eigenvalue weighted by molar-refractivity contribution is 5.22. The van der Waals surface area contributed by atoms with E-state index in [9.17, 15) is 8.78 Å². The molecule has 2 aliphatic carbocycles. The molecule has 0 unspecified atom stereocenters. The van der Waals surface area contributed by atoms with Gasteiger partial charge in [0.2, 0.25) is 0 Å². The zero-order valence-electron chi connectivity index (χ0n) is 18.0. The molecule has 0 aliphatic heterocycles. The van der Waals surface area contributed by atoms with Gasteiger partial charge in [-0.05, 0) is 79.9 Å². The topological polar surface area (TPSA) is 23.8 Å². The zero-order chi connectivity index (χ0) is 21.2. The summed E-state index contributed by atoms with van der Waals surface area (Å²) in [5.74, 6) is 1.53. The van der Waals surface area contributed by atoms with E-state index < -0.39 is 11.6 Å². The lowest BCUT2D eigenvalue weighted by atomic mass is 9.74. The van der Waals surface area contributed by atoms with Gasteiger partial charge in [0.05, 0.1) is 6.07 Å². The van der Waals surface area contributed by atoms with E-state index in [1.54, 1.807) is 6.07 Å². The van der Waals surface area contributed by atoms with Gasteiger partial charge in [-0.25, -0.2) is 8.78 Å². The van der Waals surface area contributed by atoms with Crippen molar-refractivity contribution in [3.63, 3.8) is 0 Å². The molecule has 0 radical (unpaired) electrons. The number of benzene rings is 1. The molecular weight excluding hydrogens is 376 g/mol. The van der Waals surface area contributed by atoms with Gasteiger partial charge in [-0.2, -0.15) is 5.26 Å². The number of nitriles is 1. The van der Waals surface area contributed by atoms with E-state index >= 15 is 0 Å². The summed E-state index contributed by atoms with van der Waals surface area (Å²) in [5, 5.41) is 8.46. The Bertz CT molecular complexity index is 745. The van der Waals surface area contributed by atoms with Crippen molar-refractivity contribution in [2.75, 3.05) is 0 Å². The van der Waals surface area contributed by atoms with Gasteiger partial charge in [-0.3, -0.25) is 0 Å². The quantitative estimate of drug-likeness (QED) is 0.312. The highest BCUT2D eigenvalue weighted by Gasteiger charge is 2.25. The molecule has 0 saturated heterocycles. The lowest BCUT2D eigenvalue weighted by molar-refractivity contribution is 0.225. The fourth-order valence-electron chi connectivity index (χ4n) is 5.44. The second kappa shape index (κ2) is 12.0. The third kappa shape index (κ3) is 7.08. The van der Waals surface area contributed by atoms with Crippen LogP contribution in [0, 0.1) is 40.7 Å². The summed E-state index contributed by atoms with van der Waals surface area (Å²) in [6.07, 6.45) is 22.8. The highest BCUT2D eigenvalue weighted by Crippen LogP contribution is 2.40. The monoisotopic (exact) mass is 411 g/mol. The summed E-state index contributed by atoms with van der Waals surface area (Å²) in [4.78, 5) is 0. The molecule has 2 aliphatic rings. The zero-order valence-corrected chi connectivity index (χ0v) is 18.0. The fraction of sp³-hybridized carbons (Fsp3) is 0.593. The summed E-state index contributed by atoms with van der Waals surface area (Å²) in [6.45, 7) is 0. The fourth-order valence-corrected chi connectivity index (χ4v) is 5.44. The van der Waals surface area contributed by atoms with Gasteiger partial charge in [0, 0.05) is 6.08 Å². The molecule has 2 saturated carbocycles. The van der Waals surface area contributed by atoms with Crippen LogP contribution in [0.15, 0.2) is 42.5 Å². The van der Waals surface area contributed by atoms with Gasteiger partial charge < -0.3 is 0 Å². The van der Waals surface area contributed by atoms with Crippen LogP contribution in [0.25, 0.3) is 0 Å². The molecule has 2 fully saturated rings. The van der Waals surface area contributed by atoms with Crippen molar-refractivity contribution in [1.29, 1.82) is 5.26 Å². The molecular formula is C27H35F2N. The van der Waals surface area contributed by atoms with Crippen molar-refractivity contribution in [3.05, 3.63) is 59.7 Å². The minimum absolute atomic E-state index is 0.399. The van der Waals surface area contributed by atoms with Crippen LogP contribution in [0.4, 0.5) is 8.78 Å². The summed E-state index contributed by atoms with van der Waals surface area (Å²) < 4.78 is 26.7. The second-order valence-corrected chi connectivity index (χ2v) is 9.35. The van der Waals surface area contributed by atoms with Gasteiger partial charge in [-0.1, -0.05) is 62.8 Å². The van der Waals surface area contributed by atoms with Crippen LogP contribution in [0.5, 0.6) is 0 Å². The van der Waals surface area contributed by atoms with Crippen LogP contribution in [0.1, 0.15) is 88.5 Å². The smallest absolute Gasteiger partial charge is 0.159 e. The summed E-state index contributed by atoms with van der Waals surface area (Å²) in [7, 11) is 0. The molecule has 1 aromatic carbocycles. The molecule has 1 aromatic rings. The lowest BCUT2D eigenvalue weighted by Gasteiger charge is -2.32. The van der Waals surface area contributed by atoms with Crippen molar-refractivity contribution in [2.45, 2.75) is 83.0 Å². The highest BCUT2D eigenvalue weighted by atomic mass is 19.2. The van der Waals surface area contributed by atoms with Crippen molar-refractivity contribution in [3.8, 4) is 6.07 Å². The summed E-state index contributed by atoms with van der Waals surface area (Å²) in [5.41, 5.74) is 0.974. The number of hydrogen-bond donors (Lipinski definition) is 0. The second-order valence-electron chi connectivity index (χ2n) is 9.35. The van der Waals surface area contributed by atoms with E-state index in [2.05, 4.69) is 6.08 Å². The first-order chi connectivity index (χ1) is 14.7. The van der Waals surface area contributed by atoms with Gasteiger partial charge in [0.15, 0.2) is 11.6 Å². The van der Waals surface area contributed by atoms with Gasteiger partial charge in [-0.15, -0.1) is 0 Å². The Balaban J connectivity index is 1.29. The van der Waals surface area contributed by atoms with E-state index in [1.165, 1.54) is 76.0 Å². The number of nitrogens with zero attached hydrogens (tertiary/aromatic N) is 1. The minimum Gasteiger partial charge on any atom is -0.204 e. The Morgan fingerprint density at radius 3 is 2.00 bits per heavy atom. The van der Waals surface area contributed by atoms with E-state index in [0.717, 1.165) is 42.6 Å². The first-order valence-corrected chi connectivity index (χ1v) is 11.8. The summed E-state index contributed by atoms with van der Waals surface area (Å²) >= 11 is 0. The molecule has 3 rings (SSSR count). The molecule has 0 heterocycles. The first kappa shape index (κ1) is 22.7. The molecule has 0 aromatic heterocycles. The standard InChI is InChI=1S/C27H35F2N/c28-26-18-17-25(20-27(26)29)24-15-13-23(14-16-24)12-11-22-9-7-21(8-10-22)6-4-2-1-3-5-19-30/h1-3,5,17-18,20-24H,4,6-16H2/b2-1+,5-3+. The SMILES string of the molecule is N#C/C=C/C=C/CCC1CCC(CCC2CCC(c3ccc(F)c(F)c3)CC2)CC1. The maximum Gasteiger partial charge on any atom is 0.159 e. The first-order valence-electron chi connectivity index (χ1n) is 11.8. The van der Waals surface area contributed by atoms with E-state index in [0.29, 0.717) is 5.92 Å². The van der Waals surface area contributed by atoms with Gasteiger partial charge in [0.1, 0.15) is 0 Å². The molecule has 0 bridgehead atoms. The van der Waals surface area contributed by atoms with E-state index in [1.807, 2.05) is 18.2 Å². The Kier molecular flexibility index (Phi) is 9.12. The molecule has 1 nitrogen and oxygen atoms in total. The Labute approximate surface area is 180 Å². The minimum atomic E-state index is -0.744. The van der Waals surface area contributed by atoms with Crippen LogP contribution in [0.3, 0.4) is 0 Å². The van der Waals surface area contributed by atoms with E-state index in [-0.39, 0.29) is 0 Å². The van der Waals surface area contributed by atoms with Crippen LogP contribution in [0.2, 0.25) is 0 Å². The van der Waals surface area contributed by atoms with Crippen molar-refractivity contribution >= 4 is 0 Å². The van der Waals surface area contributed by atoms with Gasteiger partial charge >= 0.3 is 0 Å². The van der Waals surface area contributed by atoms with Crippen LogP contribution in [-0.4, -0.2) is 0 Å². The molecule has 0 amide bonds. The van der Waals surface area contributed by atoms with Crippen molar-refractivity contribution < 1.29 is 8.78 Å². The Morgan fingerprint density at radius 2 is 1.40 bits per heavy atom. The largest absolute Gasteiger partial charge is 0.204 e. The molecule has 0 N–H and O–H groups in total. The normalized spacial score (nSPS) is 27.5. The van der Waals surface area contributed by atoms with Crippen molar-refractivity contribution in [1.82, 2.24) is 0 Å². The number of rotatable bonds is 8. The molecule has 3 heteroatoms. The van der Waals surface area contributed by atoms with Crippen LogP contribution < -0.4 is 0 Å². The molecule has 0 atom stereocenters. The number of hydrogen-bond acceptors (Lipinski definition) is 1. The summed E-state index contributed by atoms with van der Waals surface area (Å²) in [6, 6.07) is 6.44. The van der Waals surface area contributed by atoms with Crippen molar-refractivity contribution in [2.24, 2.45) is 17.8 Å². The Hall–Kier alpha value is -1.95. The van der Waals surface area contributed by atoms with E-state index in [4.69, 9.17) is 5.26 Å². The average Bonchev–Trinajstić information content (AvgIpc) is 2.78. The Morgan fingerprint density at radius 1 is 0.800 bits per heavy atom. The third-order valence-electron chi connectivity index (χ3n) is 7.37. The lowest BCUT2D eigenvalue weighted by Crippen LogP contribution is -2.18. The molecule has 162 valence electrons. The predicted molar refractivity (Wildman–Crippen MR) is 119 cm³/mol. The van der Waals surface area contributed by atoms with Crippen LogP contribution in [-0.2, 0) is 0 Å². The predicted octanol–water partition coefficient (Wildman–Crippen LogP) is 8.24. The maximum absolute atomic E-state index is 13.5. The third-order valence-corrected chi connectivity index (χ3v) is 7.37. The molecule has 0 spiro atoms. The van der Waals surface area contributed by atoms with Crippen LogP contribution >= 0.6 is 0 Å². The number of allylic oxidation sites excluding steroid dienone is 4. The maximum atomic E-state index is 13.5. The van der Waals surface area contributed by atoms with Gasteiger partial charge in [0.25, 0.3) is 0 Å². The molecule has 30 heavy (non-hydrogen) atoms. The number of halogens is 2. The average molecular weight is 412 g/mol.